The smallest absolute Gasteiger partial charge is 0.384 e. The highest BCUT2D eigenvalue weighted by Gasteiger charge is 2.42. The number of ether oxygens (including phenoxy) is 1. The Morgan fingerprint density at radius 2 is 1.76 bits per heavy atom. The van der Waals surface area contributed by atoms with Crippen molar-refractivity contribution >= 4 is 30.7 Å². The van der Waals surface area contributed by atoms with Crippen LogP contribution in [0.3, 0.4) is 0 Å². The highest BCUT2D eigenvalue weighted by molar-refractivity contribution is 5.85. The van der Waals surface area contributed by atoms with E-state index in [1.54, 1.807) is 12.0 Å². The van der Waals surface area contributed by atoms with E-state index in [2.05, 4.69) is 5.32 Å². The van der Waals surface area contributed by atoms with Crippen LogP contribution in [0, 0.1) is 5.41 Å². The molecule has 10 heteroatoms. The summed E-state index contributed by atoms with van der Waals surface area (Å²) in [6.45, 7) is 2.53. The first-order valence-corrected chi connectivity index (χ1v) is 8.14. The second-order valence-corrected chi connectivity index (χ2v) is 6.50. The molecule has 0 saturated carbocycles. The van der Waals surface area contributed by atoms with Gasteiger partial charge in [-0.25, -0.2) is 0 Å². The van der Waals surface area contributed by atoms with Crippen molar-refractivity contribution in [3.63, 3.8) is 0 Å². The number of amides is 1. The molecule has 5 nitrogen and oxygen atoms in total. The Bertz CT molecular complexity index is 402. The maximum Gasteiger partial charge on any atom is 0.401 e. The summed E-state index contributed by atoms with van der Waals surface area (Å²) in [5.74, 6) is 0.0368. The Morgan fingerprint density at radius 1 is 1.12 bits per heavy atom. The third kappa shape index (κ3) is 7.09. The van der Waals surface area contributed by atoms with Crippen LogP contribution >= 0.6 is 24.8 Å². The second kappa shape index (κ2) is 10.8. The van der Waals surface area contributed by atoms with Crippen molar-refractivity contribution < 1.29 is 22.7 Å². The number of carbonyl (C=O) groups excluding carboxylic acids is 1. The number of rotatable bonds is 4. The topological polar surface area (TPSA) is 44.8 Å². The lowest BCUT2D eigenvalue weighted by Gasteiger charge is -2.39. The quantitative estimate of drug-likeness (QED) is 0.770. The number of hydrogen-bond acceptors (Lipinski definition) is 4. The number of hydrogen-bond donors (Lipinski definition) is 1. The average molecular weight is 410 g/mol. The molecule has 0 unspecified atom stereocenters. The average Bonchev–Trinajstić information content (AvgIpc) is 2.71. The molecule has 2 aliphatic rings. The van der Waals surface area contributed by atoms with Crippen molar-refractivity contribution in [2.24, 2.45) is 5.41 Å². The highest BCUT2D eigenvalue weighted by atomic mass is 35.5. The minimum absolute atomic E-state index is 0. The summed E-state index contributed by atoms with van der Waals surface area (Å²) in [5, 5.41) is 3.24. The van der Waals surface area contributed by atoms with E-state index in [1.807, 2.05) is 0 Å². The maximum absolute atomic E-state index is 13.0. The zero-order valence-electron chi connectivity index (χ0n) is 14.4. The molecule has 2 aliphatic heterocycles. The lowest BCUT2D eigenvalue weighted by atomic mass is 9.78. The molecular weight excluding hydrogens is 382 g/mol. The summed E-state index contributed by atoms with van der Waals surface area (Å²) >= 11 is 0. The molecule has 2 rings (SSSR count). The van der Waals surface area contributed by atoms with E-state index in [-0.39, 0.29) is 37.3 Å². The van der Waals surface area contributed by atoms with Gasteiger partial charge in [0.25, 0.3) is 0 Å². The summed E-state index contributed by atoms with van der Waals surface area (Å²) in [5.41, 5.74) is -0.529. The number of nitrogens with zero attached hydrogens (tertiary/aromatic N) is 2. The second-order valence-electron chi connectivity index (χ2n) is 6.50. The molecule has 0 atom stereocenters. The third-order valence-corrected chi connectivity index (χ3v) is 4.71. The Labute approximate surface area is 159 Å². The fourth-order valence-electron chi connectivity index (χ4n) is 3.52. The van der Waals surface area contributed by atoms with Crippen LogP contribution in [0.2, 0.25) is 0 Å². The van der Waals surface area contributed by atoms with Crippen molar-refractivity contribution in [3.05, 3.63) is 0 Å². The minimum Gasteiger partial charge on any atom is -0.384 e. The molecule has 2 heterocycles. The monoisotopic (exact) mass is 409 g/mol. The first kappa shape index (κ1) is 24.7. The van der Waals surface area contributed by atoms with Gasteiger partial charge in [-0.3, -0.25) is 9.69 Å². The fourth-order valence-corrected chi connectivity index (χ4v) is 3.52. The van der Waals surface area contributed by atoms with E-state index < -0.39 is 18.1 Å². The lowest BCUT2D eigenvalue weighted by Crippen LogP contribution is -2.52. The Kier molecular flexibility index (Phi) is 10.6. The van der Waals surface area contributed by atoms with Gasteiger partial charge in [-0.05, 0) is 32.4 Å². The Hall–Kier alpha value is -0.280. The van der Waals surface area contributed by atoms with E-state index in [0.29, 0.717) is 45.5 Å². The predicted molar refractivity (Wildman–Crippen MR) is 94.6 cm³/mol. The molecule has 0 aromatic rings. The summed E-state index contributed by atoms with van der Waals surface area (Å²) in [4.78, 5) is 16.1. The predicted octanol–water partition coefficient (Wildman–Crippen LogP) is 1.94. The van der Waals surface area contributed by atoms with Crippen molar-refractivity contribution in [2.75, 3.05) is 59.5 Å². The van der Waals surface area contributed by atoms with Crippen LogP contribution in [0.25, 0.3) is 0 Å². The van der Waals surface area contributed by atoms with Crippen LogP contribution in [0.1, 0.15) is 19.3 Å². The lowest BCUT2D eigenvalue weighted by molar-refractivity contribution is -0.148. The molecule has 2 saturated heterocycles. The van der Waals surface area contributed by atoms with Crippen LogP contribution in [0.5, 0.6) is 0 Å². The van der Waals surface area contributed by atoms with Gasteiger partial charge < -0.3 is 15.0 Å². The molecule has 1 amide bonds. The molecule has 0 aromatic heterocycles. The number of nitrogens with one attached hydrogen (secondary N) is 1. The fraction of sp³-hybridized carbons (Fsp3) is 0.933. The molecule has 2 fully saturated rings. The zero-order chi connectivity index (χ0) is 16.9. The molecule has 0 aromatic carbocycles. The summed E-state index contributed by atoms with van der Waals surface area (Å²) in [6.07, 6.45) is -2.19. The number of piperidine rings is 1. The van der Waals surface area contributed by atoms with Crippen molar-refractivity contribution in [2.45, 2.75) is 25.4 Å². The van der Waals surface area contributed by atoms with Gasteiger partial charge in [0.2, 0.25) is 5.91 Å². The van der Waals surface area contributed by atoms with E-state index in [4.69, 9.17) is 4.74 Å². The maximum atomic E-state index is 13.0. The SMILES string of the molecule is COCC1(C(=O)N2CCCN(CC(F)(F)F)CC2)CCNCC1.Cl.Cl. The molecule has 25 heavy (non-hydrogen) atoms. The largest absolute Gasteiger partial charge is 0.401 e. The minimum atomic E-state index is -4.19. The van der Waals surface area contributed by atoms with E-state index in [0.717, 1.165) is 13.1 Å². The zero-order valence-corrected chi connectivity index (χ0v) is 16.1. The van der Waals surface area contributed by atoms with Gasteiger partial charge in [-0.15, -0.1) is 24.8 Å². The van der Waals surface area contributed by atoms with Gasteiger partial charge in [-0.2, -0.15) is 13.2 Å². The van der Waals surface area contributed by atoms with Gasteiger partial charge in [-0.1, -0.05) is 0 Å². The molecule has 0 aliphatic carbocycles. The first-order valence-electron chi connectivity index (χ1n) is 8.14. The normalized spacial score (nSPS) is 21.7. The standard InChI is InChI=1S/C15H26F3N3O2.2ClH/c1-23-12-14(3-5-19-6-4-14)13(22)21-8-2-7-20(9-10-21)11-15(16,17)18;;/h19H,2-12H2,1H3;2*1H. The van der Waals surface area contributed by atoms with Gasteiger partial charge in [0.15, 0.2) is 0 Å². The molecule has 0 spiro atoms. The molecule has 1 N–H and O–H groups in total. The third-order valence-electron chi connectivity index (χ3n) is 4.71. The first-order chi connectivity index (χ1) is 10.9. The van der Waals surface area contributed by atoms with Gasteiger partial charge in [0.05, 0.1) is 18.6 Å². The summed E-state index contributed by atoms with van der Waals surface area (Å²) in [6, 6.07) is 0. The van der Waals surface area contributed by atoms with Crippen LogP contribution in [0.4, 0.5) is 13.2 Å². The van der Waals surface area contributed by atoms with Crippen LogP contribution in [0.15, 0.2) is 0 Å². The van der Waals surface area contributed by atoms with Crippen molar-refractivity contribution in [3.8, 4) is 0 Å². The molecule has 0 bridgehead atoms. The molecular formula is C15H28Cl2F3N3O2. The van der Waals surface area contributed by atoms with Crippen LogP contribution < -0.4 is 5.32 Å². The Balaban J connectivity index is 0.00000288. The molecule has 150 valence electrons. The van der Waals surface area contributed by atoms with Crippen LogP contribution in [-0.2, 0) is 9.53 Å². The Morgan fingerprint density at radius 3 is 2.32 bits per heavy atom. The van der Waals surface area contributed by atoms with Crippen molar-refractivity contribution in [1.29, 1.82) is 0 Å². The van der Waals surface area contributed by atoms with Gasteiger partial charge in [0, 0.05) is 33.3 Å². The summed E-state index contributed by atoms with van der Waals surface area (Å²) in [7, 11) is 1.59. The van der Waals surface area contributed by atoms with E-state index in [1.165, 1.54) is 4.90 Å². The summed E-state index contributed by atoms with van der Waals surface area (Å²) < 4.78 is 42.9. The van der Waals surface area contributed by atoms with E-state index >= 15 is 0 Å². The molecule has 0 radical (unpaired) electrons. The van der Waals surface area contributed by atoms with Crippen molar-refractivity contribution in [1.82, 2.24) is 15.1 Å². The number of methoxy groups -OCH3 is 1. The van der Waals surface area contributed by atoms with E-state index in [9.17, 15) is 18.0 Å². The number of alkyl halides is 3. The van der Waals surface area contributed by atoms with Crippen LogP contribution in [-0.4, -0.2) is 81.4 Å². The number of carbonyl (C=O) groups is 1. The van der Waals surface area contributed by atoms with Gasteiger partial charge in [0.1, 0.15) is 0 Å². The highest BCUT2D eigenvalue weighted by Crippen LogP contribution is 2.32. The number of halogens is 5. The van der Waals surface area contributed by atoms with Gasteiger partial charge >= 0.3 is 6.18 Å².